The largest absolute Gasteiger partial charge is 0.573 e. The van der Waals surface area contributed by atoms with E-state index in [9.17, 15) is 22.4 Å². The molecule has 0 saturated carbocycles. The van der Waals surface area contributed by atoms with Crippen LogP contribution in [-0.2, 0) is 6.42 Å². The average molecular weight is 417 g/mol. The van der Waals surface area contributed by atoms with Crippen molar-refractivity contribution >= 4 is 23.1 Å². The summed E-state index contributed by atoms with van der Waals surface area (Å²) in [5, 5.41) is 25.3. The zero-order valence-corrected chi connectivity index (χ0v) is 15.0. The summed E-state index contributed by atoms with van der Waals surface area (Å²) >= 11 is 0. The van der Waals surface area contributed by atoms with Crippen molar-refractivity contribution in [3.63, 3.8) is 0 Å². The highest BCUT2D eigenvalue weighted by Gasteiger charge is 2.31. The van der Waals surface area contributed by atoms with Crippen LogP contribution in [0.5, 0.6) is 5.75 Å². The second-order valence-electron chi connectivity index (χ2n) is 5.80. The van der Waals surface area contributed by atoms with E-state index < -0.39 is 24.0 Å². The molecule has 0 unspecified atom stereocenters. The van der Waals surface area contributed by atoms with E-state index in [0.717, 1.165) is 18.2 Å². The van der Waals surface area contributed by atoms with Crippen molar-refractivity contribution < 1.29 is 37.3 Å². The van der Waals surface area contributed by atoms with E-state index in [-0.39, 0.29) is 43.2 Å². The van der Waals surface area contributed by atoms with Gasteiger partial charge in [0.1, 0.15) is 11.6 Å². The Morgan fingerprint density at radius 3 is 2.38 bits per heavy atom. The van der Waals surface area contributed by atoms with Crippen LogP contribution < -0.4 is 20.7 Å². The number of benzene rings is 2. The Morgan fingerprint density at radius 1 is 1.00 bits per heavy atom. The topological polar surface area (TPSA) is 103 Å². The van der Waals surface area contributed by atoms with E-state index in [0.29, 0.717) is 5.56 Å². The number of hydrogen-bond donors (Lipinski definition) is 5. The number of aliphatic hydroxyl groups excluding tert-OH is 2. The molecule has 0 aliphatic heterocycles. The first kappa shape index (κ1) is 22.2. The smallest absolute Gasteiger partial charge is 0.406 e. The summed E-state index contributed by atoms with van der Waals surface area (Å²) in [6.07, 6.45) is -4.77. The van der Waals surface area contributed by atoms with Gasteiger partial charge in [-0.3, -0.25) is 0 Å². The lowest BCUT2D eigenvalue weighted by atomic mass is 10.1. The van der Waals surface area contributed by atoms with Gasteiger partial charge < -0.3 is 30.9 Å². The number of aliphatic hydroxyl groups is 2. The Balaban J connectivity index is 2.20. The van der Waals surface area contributed by atoms with Crippen LogP contribution >= 0.6 is 0 Å². The average Bonchev–Trinajstić information content (AvgIpc) is 2.60. The van der Waals surface area contributed by atoms with Gasteiger partial charge in [0.15, 0.2) is 0 Å². The lowest BCUT2D eigenvalue weighted by molar-refractivity contribution is -0.274. The lowest BCUT2D eigenvalue weighted by Crippen LogP contribution is -2.21. The molecule has 5 N–H and O–H groups in total. The molecular weight excluding hydrogens is 398 g/mol. The third-order valence-electron chi connectivity index (χ3n) is 3.54. The first-order valence-electron chi connectivity index (χ1n) is 8.43. The molecule has 2 amide bonds. The number of alkyl halides is 3. The van der Waals surface area contributed by atoms with E-state index in [1.165, 1.54) is 18.2 Å². The number of urea groups is 1. The summed E-state index contributed by atoms with van der Waals surface area (Å²) in [4.78, 5) is 12.2. The van der Waals surface area contributed by atoms with Crippen molar-refractivity contribution in [1.82, 2.24) is 0 Å². The van der Waals surface area contributed by atoms with Gasteiger partial charge in [0, 0.05) is 42.3 Å². The fourth-order valence-electron chi connectivity index (χ4n) is 2.45. The van der Waals surface area contributed by atoms with Crippen LogP contribution in [0.4, 0.5) is 39.4 Å². The van der Waals surface area contributed by atoms with E-state index >= 15 is 0 Å². The predicted molar refractivity (Wildman–Crippen MR) is 98.5 cm³/mol. The van der Waals surface area contributed by atoms with Crippen LogP contribution in [0.25, 0.3) is 0 Å². The summed E-state index contributed by atoms with van der Waals surface area (Å²) < 4.78 is 54.9. The van der Waals surface area contributed by atoms with Gasteiger partial charge in [-0.15, -0.1) is 13.2 Å². The Labute approximate surface area is 163 Å². The number of hydrogen-bond acceptors (Lipinski definition) is 5. The molecule has 0 aliphatic carbocycles. The molecule has 0 saturated heterocycles. The van der Waals surface area contributed by atoms with Crippen molar-refractivity contribution in [2.45, 2.75) is 12.8 Å². The third-order valence-corrected chi connectivity index (χ3v) is 3.54. The zero-order chi connectivity index (χ0) is 21.4. The minimum absolute atomic E-state index is 0.0372. The third kappa shape index (κ3) is 7.47. The van der Waals surface area contributed by atoms with Crippen LogP contribution in [0.1, 0.15) is 5.56 Å². The van der Waals surface area contributed by atoms with Crippen LogP contribution in [0.15, 0.2) is 36.4 Å². The number of nitrogens with one attached hydrogen (secondary N) is 3. The summed E-state index contributed by atoms with van der Waals surface area (Å²) in [6, 6.07) is 6.13. The van der Waals surface area contributed by atoms with Crippen LogP contribution in [-0.4, -0.2) is 42.4 Å². The number of ether oxygens (including phenoxy) is 1. The van der Waals surface area contributed by atoms with Gasteiger partial charge in [-0.25, -0.2) is 9.18 Å². The van der Waals surface area contributed by atoms with E-state index in [1.807, 2.05) is 0 Å². The highest BCUT2D eigenvalue weighted by atomic mass is 19.4. The van der Waals surface area contributed by atoms with Gasteiger partial charge in [0.05, 0.1) is 6.61 Å². The first-order valence-corrected chi connectivity index (χ1v) is 8.43. The predicted octanol–water partition coefficient (Wildman–Crippen LogP) is 3.31. The summed E-state index contributed by atoms with van der Waals surface area (Å²) in [5.41, 5.74) is 0.717. The van der Waals surface area contributed by atoms with E-state index in [2.05, 4.69) is 20.7 Å². The summed E-state index contributed by atoms with van der Waals surface area (Å²) in [6.45, 7) is -0.422. The fraction of sp³-hybridized carbons (Fsp3) is 0.278. The molecule has 2 rings (SSSR count). The Hall–Kier alpha value is -3.05. The fourth-order valence-corrected chi connectivity index (χ4v) is 2.45. The first-order chi connectivity index (χ1) is 13.7. The van der Waals surface area contributed by atoms with Crippen molar-refractivity contribution in [1.29, 1.82) is 0 Å². The molecule has 0 aromatic heterocycles. The summed E-state index contributed by atoms with van der Waals surface area (Å²) in [7, 11) is 0. The number of rotatable bonds is 8. The van der Waals surface area contributed by atoms with Gasteiger partial charge in [0.25, 0.3) is 0 Å². The van der Waals surface area contributed by atoms with Crippen molar-refractivity contribution in [2.75, 3.05) is 35.7 Å². The van der Waals surface area contributed by atoms with Crippen molar-refractivity contribution in [2.24, 2.45) is 0 Å². The van der Waals surface area contributed by atoms with Gasteiger partial charge in [0.2, 0.25) is 0 Å². The number of carbonyl (C=O) groups is 1. The summed E-state index contributed by atoms with van der Waals surface area (Å²) in [5.74, 6) is -1.19. The molecule has 0 atom stereocenters. The maximum atomic E-state index is 13.5. The molecule has 0 bridgehead atoms. The van der Waals surface area contributed by atoms with Crippen LogP contribution in [0, 0.1) is 5.82 Å². The number of carbonyl (C=O) groups excluding carboxylic acids is 1. The molecule has 0 heterocycles. The molecular formula is C18H19F4N3O4. The zero-order valence-electron chi connectivity index (χ0n) is 15.0. The molecule has 7 nitrogen and oxygen atoms in total. The molecule has 29 heavy (non-hydrogen) atoms. The van der Waals surface area contributed by atoms with E-state index in [4.69, 9.17) is 10.2 Å². The van der Waals surface area contributed by atoms with Gasteiger partial charge >= 0.3 is 12.4 Å². The Bertz CT molecular complexity index is 846. The lowest BCUT2D eigenvalue weighted by Gasteiger charge is -2.15. The van der Waals surface area contributed by atoms with Gasteiger partial charge in [-0.2, -0.15) is 0 Å². The van der Waals surface area contributed by atoms with Crippen molar-refractivity contribution in [3.05, 3.63) is 47.8 Å². The van der Waals surface area contributed by atoms with Gasteiger partial charge in [-0.05, 0) is 30.2 Å². The molecule has 2 aromatic carbocycles. The van der Waals surface area contributed by atoms with E-state index in [1.54, 1.807) is 0 Å². The maximum absolute atomic E-state index is 13.5. The second-order valence-corrected chi connectivity index (χ2v) is 5.80. The highest BCUT2D eigenvalue weighted by Crippen LogP contribution is 2.29. The number of anilines is 3. The quantitative estimate of drug-likeness (QED) is 0.424. The molecule has 0 aliphatic rings. The SMILES string of the molecule is O=C(Nc1cc(NCCO)cc(OC(F)(F)F)c1)Nc1cc(F)ccc1CCO. The Morgan fingerprint density at radius 2 is 1.72 bits per heavy atom. The standard InChI is InChI=1S/C18H19F4N3O4/c19-12-2-1-11(3-5-26)16(7-12)25-17(28)24-14-8-13(23-4-6-27)9-15(10-14)29-18(20,21)22/h1-2,7-10,23,26-27H,3-6H2,(H2,24,25,28). The maximum Gasteiger partial charge on any atom is 0.573 e. The second kappa shape index (κ2) is 9.94. The van der Waals surface area contributed by atoms with Crippen LogP contribution in [0.2, 0.25) is 0 Å². The minimum Gasteiger partial charge on any atom is -0.406 e. The van der Waals surface area contributed by atoms with Gasteiger partial charge in [-0.1, -0.05) is 6.07 Å². The number of amides is 2. The molecule has 0 spiro atoms. The monoisotopic (exact) mass is 417 g/mol. The molecule has 2 aromatic rings. The number of halogens is 4. The molecule has 0 fully saturated rings. The molecule has 158 valence electrons. The van der Waals surface area contributed by atoms with Crippen molar-refractivity contribution in [3.8, 4) is 5.75 Å². The Kier molecular flexibility index (Phi) is 7.62. The highest BCUT2D eigenvalue weighted by molar-refractivity contribution is 6.00. The van der Waals surface area contributed by atoms with Crippen LogP contribution in [0.3, 0.4) is 0 Å². The molecule has 11 heteroatoms. The normalized spacial score (nSPS) is 11.1. The minimum atomic E-state index is -4.93. The molecule has 0 radical (unpaired) electrons.